The van der Waals surface area contributed by atoms with Crippen LogP contribution in [-0.4, -0.2) is 28.1 Å². The number of hydrogen-bond acceptors (Lipinski definition) is 4. The number of amides is 1. The number of hydrogen-bond donors (Lipinski definition) is 1. The summed E-state index contributed by atoms with van der Waals surface area (Å²) in [5, 5.41) is 3.06. The number of carbonyl (C=O) groups excluding carboxylic acids is 1. The molecular formula is C24H28N4O3. The second-order valence-corrected chi connectivity index (χ2v) is 8.34. The Balaban J connectivity index is 1.77. The maximum atomic E-state index is 12.9. The summed E-state index contributed by atoms with van der Waals surface area (Å²) in [6.07, 6.45) is 3.62. The molecule has 162 valence electrons. The van der Waals surface area contributed by atoms with Crippen LogP contribution < -0.4 is 21.3 Å². The largest absolute Gasteiger partial charge is 0.370 e. The topological polar surface area (TPSA) is 76.3 Å². The van der Waals surface area contributed by atoms with E-state index in [1.165, 1.54) is 15.6 Å². The summed E-state index contributed by atoms with van der Waals surface area (Å²) >= 11 is 0. The smallest absolute Gasteiger partial charge is 0.316 e. The van der Waals surface area contributed by atoms with Crippen LogP contribution in [0, 0.1) is 6.92 Å². The van der Waals surface area contributed by atoms with Crippen molar-refractivity contribution < 1.29 is 4.79 Å². The van der Waals surface area contributed by atoms with Crippen LogP contribution >= 0.6 is 0 Å². The summed E-state index contributed by atoms with van der Waals surface area (Å²) in [7, 11) is 3.20. The first-order valence-corrected chi connectivity index (χ1v) is 10.7. The predicted octanol–water partition coefficient (Wildman–Crippen LogP) is 2.72. The van der Waals surface area contributed by atoms with E-state index in [0.29, 0.717) is 16.7 Å². The molecule has 1 saturated heterocycles. The predicted molar refractivity (Wildman–Crippen MR) is 124 cm³/mol. The minimum Gasteiger partial charge on any atom is -0.370 e. The average Bonchev–Trinajstić information content (AvgIpc) is 2.78. The third kappa shape index (κ3) is 4.13. The molecule has 1 aliphatic heterocycles. The first-order valence-electron chi connectivity index (χ1n) is 10.7. The maximum Gasteiger partial charge on any atom is 0.316 e. The van der Waals surface area contributed by atoms with Gasteiger partial charge in [-0.2, -0.15) is 0 Å². The minimum absolute atomic E-state index is 0.115. The molecule has 0 spiro atoms. The molecule has 2 aromatic carbocycles. The van der Waals surface area contributed by atoms with E-state index in [4.69, 9.17) is 0 Å². The van der Waals surface area contributed by atoms with Crippen LogP contribution in [0.15, 0.2) is 46.0 Å². The van der Waals surface area contributed by atoms with Crippen molar-refractivity contribution in [2.75, 3.05) is 23.3 Å². The van der Waals surface area contributed by atoms with E-state index >= 15 is 0 Å². The van der Waals surface area contributed by atoms with E-state index in [9.17, 15) is 14.4 Å². The summed E-state index contributed by atoms with van der Waals surface area (Å²) in [6, 6.07) is 11.6. The lowest BCUT2D eigenvalue weighted by Crippen LogP contribution is -2.39. The van der Waals surface area contributed by atoms with Gasteiger partial charge in [0.05, 0.1) is 28.8 Å². The number of nitrogens with zero attached hydrogens (tertiary/aromatic N) is 3. The summed E-state index contributed by atoms with van der Waals surface area (Å²) in [5.41, 5.74) is 3.78. The zero-order valence-corrected chi connectivity index (χ0v) is 18.3. The first kappa shape index (κ1) is 20.9. The summed E-state index contributed by atoms with van der Waals surface area (Å²) in [6.45, 7) is 3.81. The highest BCUT2D eigenvalue weighted by Crippen LogP contribution is 2.32. The Bertz CT molecular complexity index is 1250. The van der Waals surface area contributed by atoms with Crippen molar-refractivity contribution in [3.05, 3.63) is 68.2 Å². The molecule has 7 nitrogen and oxygen atoms in total. The highest BCUT2D eigenvalue weighted by molar-refractivity contribution is 5.99. The Morgan fingerprint density at radius 3 is 2.10 bits per heavy atom. The van der Waals surface area contributed by atoms with Crippen LogP contribution in [0.5, 0.6) is 0 Å². The minimum atomic E-state index is -0.586. The number of rotatable bonds is 4. The van der Waals surface area contributed by atoms with Gasteiger partial charge < -0.3 is 19.4 Å². The fourth-order valence-electron chi connectivity index (χ4n) is 4.19. The van der Waals surface area contributed by atoms with Crippen LogP contribution in [-0.2, 0) is 25.3 Å². The number of aryl methyl sites for hydroxylation is 3. The van der Waals surface area contributed by atoms with Gasteiger partial charge >= 0.3 is 11.1 Å². The van der Waals surface area contributed by atoms with Crippen LogP contribution in [0.25, 0.3) is 11.0 Å². The molecule has 1 aromatic heterocycles. The van der Waals surface area contributed by atoms with Gasteiger partial charge in [-0.15, -0.1) is 0 Å². The normalized spacial score (nSPS) is 14.1. The number of aromatic nitrogens is 2. The number of nitrogens with one attached hydrogen (secondary N) is 1. The van der Waals surface area contributed by atoms with Gasteiger partial charge in [-0.25, -0.2) is 0 Å². The number of benzene rings is 2. The van der Waals surface area contributed by atoms with Crippen molar-refractivity contribution in [2.45, 2.75) is 32.6 Å². The van der Waals surface area contributed by atoms with Gasteiger partial charge in [0, 0.05) is 27.2 Å². The van der Waals surface area contributed by atoms with Gasteiger partial charge in [-0.05, 0) is 43.9 Å². The lowest BCUT2D eigenvalue weighted by Gasteiger charge is -2.31. The number of fused-ring (bicyclic) bond motifs is 1. The second-order valence-electron chi connectivity index (χ2n) is 8.34. The van der Waals surface area contributed by atoms with Crippen molar-refractivity contribution in [2.24, 2.45) is 14.1 Å². The molecule has 0 aliphatic carbocycles. The monoisotopic (exact) mass is 420 g/mol. The highest BCUT2D eigenvalue weighted by Gasteiger charge is 2.20. The summed E-state index contributed by atoms with van der Waals surface area (Å²) in [4.78, 5) is 39.8. The van der Waals surface area contributed by atoms with Gasteiger partial charge in [0.15, 0.2) is 0 Å². The molecule has 0 radical (unpaired) electrons. The van der Waals surface area contributed by atoms with E-state index in [-0.39, 0.29) is 12.3 Å². The van der Waals surface area contributed by atoms with Crippen LogP contribution in [0.3, 0.4) is 0 Å². The SMILES string of the molecule is Cc1ccc(CC(=O)Nc2cc3c(cc2N2CCCCC2)n(C)c(=O)c(=O)n3C)cc1. The molecule has 0 saturated carbocycles. The molecule has 2 heterocycles. The van der Waals surface area contributed by atoms with Crippen LogP contribution in [0.4, 0.5) is 11.4 Å². The van der Waals surface area contributed by atoms with Crippen molar-refractivity contribution >= 4 is 28.3 Å². The van der Waals surface area contributed by atoms with Crippen LogP contribution in [0.2, 0.25) is 0 Å². The average molecular weight is 421 g/mol. The Kier molecular flexibility index (Phi) is 5.67. The molecule has 7 heteroatoms. The molecule has 4 rings (SSSR count). The zero-order chi connectivity index (χ0) is 22.1. The van der Waals surface area contributed by atoms with Gasteiger partial charge in [-0.3, -0.25) is 14.4 Å². The number of piperidine rings is 1. The van der Waals surface area contributed by atoms with E-state index < -0.39 is 11.1 Å². The van der Waals surface area contributed by atoms with Crippen molar-refractivity contribution in [3.63, 3.8) is 0 Å². The number of carbonyl (C=O) groups is 1. The molecule has 1 fully saturated rings. The Morgan fingerprint density at radius 1 is 0.903 bits per heavy atom. The molecule has 31 heavy (non-hydrogen) atoms. The van der Waals surface area contributed by atoms with Gasteiger partial charge in [0.25, 0.3) is 0 Å². The standard InChI is InChI=1S/C24H28N4O3/c1-16-7-9-17(10-8-16)13-22(29)25-18-14-20-21(27(3)24(31)23(30)26(20)2)15-19(18)28-11-5-4-6-12-28/h7-10,14-15H,4-6,11-13H2,1-3H3,(H,25,29). The molecule has 0 atom stereocenters. The Hall–Kier alpha value is -3.35. The zero-order valence-electron chi connectivity index (χ0n) is 18.3. The molecule has 1 N–H and O–H groups in total. The van der Waals surface area contributed by atoms with E-state index in [2.05, 4.69) is 10.2 Å². The summed E-state index contributed by atoms with van der Waals surface area (Å²) in [5.74, 6) is -0.115. The fourth-order valence-corrected chi connectivity index (χ4v) is 4.19. The third-order valence-electron chi connectivity index (χ3n) is 6.06. The van der Waals surface area contributed by atoms with Crippen molar-refractivity contribution in [3.8, 4) is 0 Å². The molecule has 0 bridgehead atoms. The van der Waals surface area contributed by atoms with Crippen molar-refractivity contribution in [1.29, 1.82) is 0 Å². The first-order chi connectivity index (χ1) is 14.8. The van der Waals surface area contributed by atoms with Gasteiger partial charge in [0.1, 0.15) is 0 Å². The molecule has 0 unspecified atom stereocenters. The molecule has 3 aromatic rings. The lowest BCUT2D eigenvalue weighted by atomic mass is 10.1. The third-order valence-corrected chi connectivity index (χ3v) is 6.06. The van der Waals surface area contributed by atoms with E-state index in [1.807, 2.05) is 43.3 Å². The fraction of sp³-hybridized carbons (Fsp3) is 0.375. The molecule has 1 amide bonds. The van der Waals surface area contributed by atoms with Crippen LogP contribution in [0.1, 0.15) is 30.4 Å². The second kappa shape index (κ2) is 8.41. The van der Waals surface area contributed by atoms with Gasteiger partial charge in [-0.1, -0.05) is 29.8 Å². The van der Waals surface area contributed by atoms with E-state index in [1.54, 1.807) is 14.1 Å². The highest BCUT2D eigenvalue weighted by atomic mass is 16.2. The summed E-state index contributed by atoms with van der Waals surface area (Å²) < 4.78 is 2.75. The maximum absolute atomic E-state index is 12.9. The lowest BCUT2D eigenvalue weighted by molar-refractivity contribution is -0.115. The Labute approximate surface area is 180 Å². The quantitative estimate of drug-likeness (QED) is 0.659. The van der Waals surface area contributed by atoms with Crippen molar-refractivity contribution in [1.82, 2.24) is 9.13 Å². The molecular weight excluding hydrogens is 392 g/mol. The van der Waals surface area contributed by atoms with E-state index in [0.717, 1.165) is 42.7 Å². The van der Waals surface area contributed by atoms with Gasteiger partial charge in [0.2, 0.25) is 5.91 Å². The number of anilines is 2. The molecule has 1 aliphatic rings. The Morgan fingerprint density at radius 2 is 1.48 bits per heavy atom.